The Labute approximate surface area is 101 Å². The van der Waals surface area contributed by atoms with Gasteiger partial charge in [0.1, 0.15) is 5.82 Å². The SMILES string of the molecule is CNc1ccc(NC(=O)C2CCOCC2)cn1. The molecular weight excluding hydrogens is 218 g/mol. The van der Waals surface area contributed by atoms with Gasteiger partial charge in [0.15, 0.2) is 0 Å². The van der Waals surface area contributed by atoms with Crippen molar-refractivity contribution >= 4 is 17.4 Å². The second-order valence-corrected chi connectivity index (χ2v) is 4.06. The van der Waals surface area contributed by atoms with Gasteiger partial charge in [-0.15, -0.1) is 0 Å². The zero-order chi connectivity index (χ0) is 12.1. The van der Waals surface area contributed by atoms with E-state index in [1.54, 1.807) is 6.20 Å². The lowest BCUT2D eigenvalue weighted by molar-refractivity contribution is -0.122. The molecule has 0 bridgehead atoms. The minimum Gasteiger partial charge on any atom is -0.381 e. The lowest BCUT2D eigenvalue weighted by Crippen LogP contribution is -2.28. The van der Waals surface area contributed by atoms with Crippen molar-refractivity contribution in [2.75, 3.05) is 30.9 Å². The number of hydrogen-bond acceptors (Lipinski definition) is 4. The summed E-state index contributed by atoms with van der Waals surface area (Å²) in [5, 5.41) is 5.81. The van der Waals surface area contributed by atoms with Crippen LogP contribution in [0.3, 0.4) is 0 Å². The van der Waals surface area contributed by atoms with Crippen molar-refractivity contribution in [3.8, 4) is 0 Å². The van der Waals surface area contributed by atoms with Crippen LogP contribution in [0, 0.1) is 5.92 Å². The Morgan fingerprint density at radius 2 is 2.18 bits per heavy atom. The van der Waals surface area contributed by atoms with Crippen molar-refractivity contribution in [2.45, 2.75) is 12.8 Å². The summed E-state index contributed by atoms with van der Waals surface area (Å²) in [5.41, 5.74) is 0.737. The molecule has 0 spiro atoms. The second kappa shape index (κ2) is 5.63. The Morgan fingerprint density at radius 3 is 2.76 bits per heavy atom. The molecule has 5 heteroatoms. The fourth-order valence-electron chi connectivity index (χ4n) is 1.82. The third kappa shape index (κ3) is 3.17. The van der Waals surface area contributed by atoms with Gasteiger partial charge in [-0.1, -0.05) is 0 Å². The summed E-state index contributed by atoms with van der Waals surface area (Å²) in [6.07, 6.45) is 3.25. The van der Waals surface area contributed by atoms with Gasteiger partial charge >= 0.3 is 0 Å². The van der Waals surface area contributed by atoms with Crippen molar-refractivity contribution in [1.82, 2.24) is 4.98 Å². The number of ether oxygens (including phenoxy) is 1. The molecule has 1 aliphatic heterocycles. The number of hydrogen-bond donors (Lipinski definition) is 2. The molecule has 1 aliphatic rings. The molecule has 2 rings (SSSR count). The number of pyridine rings is 1. The third-order valence-corrected chi connectivity index (χ3v) is 2.88. The maximum atomic E-state index is 11.9. The molecule has 1 aromatic heterocycles. The number of aromatic nitrogens is 1. The predicted octanol–water partition coefficient (Wildman–Crippen LogP) is 1.49. The third-order valence-electron chi connectivity index (χ3n) is 2.88. The normalized spacial score (nSPS) is 16.5. The first kappa shape index (κ1) is 11.9. The zero-order valence-electron chi connectivity index (χ0n) is 9.90. The number of amides is 1. The van der Waals surface area contributed by atoms with Gasteiger partial charge in [0.25, 0.3) is 0 Å². The fourth-order valence-corrected chi connectivity index (χ4v) is 1.82. The van der Waals surface area contributed by atoms with Crippen LogP contribution in [0.4, 0.5) is 11.5 Å². The molecule has 0 radical (unpaired) electrons. The molecule has 92 valence electrons. The molecule has 1 amide bonds. The van der Waals surface area contributed by atoms with E-state index >= 15 is 0 Å². The van der Waals surface area contributed by atoms with Crippen LogP contribution in [0.2, 0.25) is 0 Å². The van der Waals surface area contributed by atoms with E-state index in [1.807, 2.05) is 19.2 Å². The van der Waals surface area contributed by atoms with Crippen LogP contribution in [0.15, 0.2) is 18.3 Å². The highest BCUT2D eigenvalue weighted by molar-refractivity contribution is 5.92. The lowest BCUT2D eigenvalue weighted by atomic mass is 9.99. The van der Waals surface area contributed by atoms with E-state index in [1.165, 1.54) is 0 Å². The molecule has 5 nitrogen and oxygen atoms in total. The highest BCUT2D eigenvalue weighted by Gasteiger charge is 2.21. The number of nitrogens with zero attached hydrogens (tertiary/aromatic N) is 1. The van der Waals surface area contributed by atoms with Crippen LogP contribution in [-0.4, -0.2) is 31.2 Å². The van der Waals surface area contributed by atoms with E-state index in [-0.39, 0.29) is 11.8 Å². The number of rotatable bonds is 3. The molecule has 1 fully saturated rings. The number of carbonyl (C=O) groups is 1. The first-order chi connectivity index (χ1) is 8.29. The quantitative estimate of drug-likeness (QED) is 0.833. The Bertz CT molecular complexity index is 372. The summed E-state index contributed by atoms with van der Waals surface area (Å²) >= 11 is 0. The number of nitrogens with one attached hydrogen (secondary N) is 2. The highest BCUT2D eigenvalue weighted by Crippen LogP contribution is 2.17. The van der Waals surface area contributed by atoms with Crippen molar-refractivity contribution < 1.29 is 9.53 Å². The van der Waals surface area contributed by atoms with Gasteiger partial charge < -0.3 is 15.4 Å². The van der Waals surface area contributed by atoms with Crippen molar-refractivity contribution in [3.63, 3.8) is 0 Å². The summed E-state index contributed by atoms with van der Waals surface area (Å²) in [4.78, 5) is 16.1. The Morgan fingerprint density at radius 1 is 1.41 bits per heavy atom. The summed E-state index contributed by atoms with van der Waals surface area (Å²) in [7, 11) is 1.81. The van der Waals surface area contributed by atoms with Gasteiger partial charge in [-0.25, -0.2) is 4.98 Å². The molecule has 17 heavy (non-hydrogen) atoms. The average Bonchev–Trinajstić information content (AvgIpc) is 2.40. The van der Waals surface area contributed by atoms with E-state index in [0.29, 0.717) is 13.2 Å². The molecule has 2 heterocycles. The highest BCUT2D eigenvalue weighted by atomic mass is 16.5. The first-order valence-corrected chi connectivity index (χ1v) is 5.82. The van der Waals surface area contributed by atoms with E-state index in [2.05, 4.69) is 15.6 Å². The minimum absolute atomic E-state index is 0.0623. The fraction of sp³-hybridized carbons (Fsp3) is 0.500. The number of anilines is 2. The van der Waals surface area contributed by atoms with Gasteiger partial charge in [0.2, 0.25) is 5.91 Å². The molecular formula is C12H17N3O2. The molecule has 1 aromatic rings. The van der Waals surface area contributed by atoms with Crippen molar-refractivity contribution in [3.05, 3.63) is 18.3 Å². The van der Waals surface area contributed by atoms with Gasteiger partial charge in [-0.05, 0) is 25.0 Å². The smallest absolute Gasteiger partial charge is 0.227 e. The monoisotopic (exact) mass is 235 g/mol. The van der Waals surface area contributed by atoms with Crippen molar-refractivity contribution in [2.24, 2.45) is 5.92 Å². The van der Waals surface area contributed by atoms with Crippen LogP contribution in [0.1, 0.15) is 12.8 Å². The second-order valence-electron chi connectivity index (χ2n) is 4.06. The lowest BCUT2D eigenvalue weighted by Gasteiger charge is -2.21. The van der Waals surface area contributed by atoms with Crippen LogP contribution in [0.5, 0.6) is 0 Å². The van der Waals surface area contributed by atoms with Crippen molar-refractivity contribution in [1.29, 1.82) is 0 Å². The van der Waals surface area contributed by atoms with Crippen LogP contribution < -0.4 is 10.6 Å². The van der Waals surface area contributed by atoms with Gasteiger partial charge in [0, 0.05) is 26.2 Å². The van der Waals surface area contributed by atoms with Gasteiger partial charge in [0.05, 0.1) is 11.9 Å². The van der Waals surface area contributed by atoms with Crippen LogP contribution in [-0.2, 0) is 9.53 Å². The van der Waals surface area contributed by atoms with E-state index in [9.17, 15) is 4.79 Å². The van der Waals surface area contributed by atoms with Gasteiger partial charge in [-0.2, -0.15) is 0 Å². The van der Waals surface area contributed by atoms with Crippen LogP contribution in [0.25, 0.3) is 0 Å². The molecule has 0 saturated carbocycles. The van der Waals surface area contributed by atoms with E-state index in [4.69, 9.17) is 4.74 Å². The molecule has 2 N–H and O–H groups in total. The summed E-state index contributed by atoms with van der Waals surface area (Å²) in [6.45, 7) is 1.35. The van der Waals surface area contributed by atoms with Gasteiger partial charge in [-0.3, -0.25) is 4.79 Å². The predicted molar refractivity (Wildman–Crippen MR) is 66.0 cm³/mol. The van der Waals surface area contributed by atoms with E-state index in [0.717, 1.165) is 24.3 Å². The minimum atomic E-state index is 0.0623. The Balaban J connectivity index is 1.92. The topological polar surface area (TPSA) is 63.2 Å². The van der Waals surface area contributed by atoms with E-state index < -0.39 is 0 Å². The molecule has 0 unspecified atom stereocenters. The first-order valence-electron chi connectivity index (χ1n) is 5.82. The van der Waals surface area contributed by atoms with Crippen LogP contribution >= 0.6 is 0 Å². The standard InChI is InChI=1S/C12H17N3O2/c1-13-11-3-2-10(8-14-11)15-12(16)9-4-6-17-7-5-9/h2-3,8-9H,4-7H2,1H3,(H,13,14)(H,15,16). The number of carbonyl (C=O) groups excluding carboxylic acids is 1. The Kier molecular flexibility index (Phi) is 3.93. The summed E-state index contributed by atoms with van der Waals surface area (Å²) in [5.74, 6) is 0.911. The summed E-state index contributed by atoms with van der Waals surface area (Å²) in [6, 6.07) is 3.68. The Hall–Kier alpha value is -1.62. The maximum absolute atomic E-state index is 11.9. The molecule has 1 saturated heterocycles. The largest absolute Gasteiger partial charge is 0.381 e. The maximum Gasteiger partial charge on any atom is 0.227 e. The average molecular weight is 235 g/mol. The summed E-state index contributed by atoms with van der Waals surface area (Å²) < 4.78 is 5.23. The zero-order valence-corrected chi connectivity index (χ0v) is 9.90. The molecule has 0 aromatic carbocycles. The molecule has 0 aliphatic carbocycles. The molecule has 0 atom stereocenters.